The van der Waals surface area contributed by atoms with E-state index < -0.39 is 5.82 Å². The molecule has 0 bridgehead atoms. The van der Waals surface area contributed by atoms with E-state index in [9.17, 15) is 4.79 Å². The monoisotopic (exact) mass is 536 g/mol. The molecule has 5 aromatic rings. The number of nitrogen functional groups attached to an aromatic ring is 1. The summed E-state index contributed by atoms with van der Waals surface area (Å²) in [7, 11) is 1.63. The van der Waals surface area contributed by atoms with Gasteiger partial charge in [0.05, 0.1) is 18.4 Å². The maximum Gasteiger partial charge on any atom is 0.256 e. The highest BCUT2D eigenvalue weighted by atomic mass is 19.1. The maximum atomic E-state index is 15.1. The van der Waals surface area contributed by atoms with Gasteiger partial charge in [-0.3, -0.25) is 14.7 Å². The zero-order chi connectivity index (χ0) is 27.6. The number of nitrogens with zero attached hydrogens (tertiary/aromatic N) is 4. The van der Waals surface area contributed by atoms with Crippen molar-refractivity contribution in [3.8, 4) is 28.0 Å². The SMILES string of the molecule is COc1ccccc1-c1c[nH]c2ncc(-c3cc(F)c(N)c(C(=O)N4CCN(Cc5ccncc5)CC4)c3)cc12. The summed E-state index contributed by atoms with van der Waals surface area (Å²) in [6, 6.07) is 16.7. The first-order chi connectivity index (χ1) is 19.5. The highest BCUT2D eigenvalue weighted by Crippen LogP contribution is 2.36. The topological polar surface area (TPSA) is 100 Å². The second-order valence-electron chi connectivity index (χ2n) is 9.87. The van der Waals surface area contributed by atoms with E-state index in [0.29, 0.717) is 29.9 Å². The number of aromatic amines is 1. The van der Waals surface area contributed by atoms with Crippen molar-refractivity contribution in [3.63, 3.8) is 0 Å². The number of halogens is 1. The first-order valence-corrected chi connectivity index (χ1v) is 13.1. The van der Waals surface area contributed by atoms with Crippen LogP contribution in [0, 0.1) is 5.82 Å². The fourth-order valence-corrected chi connectivity index (χ4v) is 5.24. The highest BCUT2D eigenvalue weighted by molar-refractivity contribution is 6.01. The second-order valence-corrected chi connectivity index (χ2v) is 9.87. The van der Waals surface area contributed by atoms with Crippen LogP contribution in [-0.2, 0) is 6.54 Å². The third-order valence-electron chi connectivity index (χ3n) is 7.44. The van der Waals surface area contributed by atoms with Crippen molar-refractivity contribution in [1.29, 1.82) is 0 Å². The molecule has 4 heterocycles. The minimum Gasteiger partial charge on any atom is -0.496 e. The van der Waals surface area contributed by atoms with Crippen LogP contribution in [0.1, 0.15) is 15.9 Å². The molecule has 202 valence electrons. The Labute approximate surface area is 231 Å². The Hall–Kier alpha value is -4.76. The number of methoxy groups -OCH3 is 1. The molecule has 1 fully saturated rings. The minimum atomic E-state index is -0.628. The van der Waals surface area contributed by atoms with Crippen LogP contribution in [0.4, 0.5) is 10.1 Å². The number of nitrogens with one attached hydrogen (secondary N) is 1. The van der Waals surface area contributed by atoms with Gasteiger partial charge in [0.2, 0.25) is 0 Å². The van der Waals surface area contributed by atoms with Gasteiger partial charge in [0.1, 0.15) is 17.2 Å². The fraction of sp³-hybridized carbons (Fsp3) is 0.194. The molecule has 9 heteroatoms. The van der Waals surface area contributed by atoms with Gasteiger partial charge in [-0.2, -0.15) is 0 Å². The van der Waals surface area contributed by atoms with Crippen molar-refractivity contribution in [2.45, 2.75) is 6.54 Å². The lowest BCUT2D eigenvalue weighted by molar-refractivity contribution is 0.0629. The second kappa shape index (κ2) is 10.8. The lowest BCUT2D eigenvalue weighted by Crippen LogP contribution is -2.48. The Kier molecular flexibility index (Phi) is 6.88. The van der Waals surface area contributed by atoms with Gasteiger partial charge in [0, 0.05) is 79.6 Å². The van der Waals surface area contributed by atoms with Crippen molar-refractivity contribution in [3.05, 3.63) is 96.3 Å². The van der Waals surface area contributed by atoms with Crippen LogP contribution < -0.4 is 10.5 Å². The lowest BCUT2D eigenvalue weighted by Gasteiger charge is -2.35. The van der Waals surface area contributed by atoms with E-state index >= 15 is 4.39 Å². The number of rotatable bonds is 6. The van der Waals surface area contributed by atoms with E-state index in [1.54, 1.807) is 36.7 Å². The number of fused-ring (bicyclic) bond motifs is 1. The molecule has 3 N–H and O–H groups in total. The number of piperazine rings is 1. The summed E-state index contributed by atoms with van der Waals surface area (Å²) < 4.78 is 20.7. The van der Waals surface area contributed by atoms with Crippen LogP contribution >= 0.6 is 0 Å². The largest absolute Gasteiger partial charge is 0.496 e. The smallest absolute Gasteiger partial charge is 0.256 e. The number of aromatic nitrogens is 3. The molecule has 1 amide bonds. The predicted molar refractivity (Wildman–Crippen MR) is 153 cm³/mol. The first kappa shape index (κ1) is 25.5. The van der Waals surface area contributed by atoms with Gasteiger partial charge in [-0.1, -0.05) is 18.2 Å². The van der Waals surface area contributed by atoms with Crippen LogP contribution in [0.5, 0.6) is 5.75 Å². The molecule has 2 aromatic carbocycles. The van der Waals surface area contributed by atoms with Gasteiger partial charge in [0.15, 0.2) is 0 Å². The third-order valence-corrected chi connectivity index (χ3v) is 7.44. The van der Waals surface area contributed by atoms with Gasteiger partial charge >= 0.3 is 0 Å². The summed E-state index contributed by atoms with van der Waals surface area (Å²) in [5.74, 6) is -0.162. The Balaban J connectivity index is 1.27. The molecule has 0 radical (unpaired) electrons. The number of hydrogen-bond donors (Lipinski definition) is 2. The molecule has 6 rings (SSSR count). The van der Waals surface area contributed by atoms with Gasteiger partial charge in [0.25, 0.3) is 5.91 Å². The number of amides is 1. The number of benzene rings is 2. The van der Waals surface area contributed by atoms with Gasteiger partial charge in [-0.05, 0) is 47.5 Å². The number of hydrogen-bond acceptors (Lipinski definition) is 6. The van der Waals surface area contributed by atoms with E-state index in [4.69, 9.17) is 10.5 Å². The Morgan fingerprint density at radius 2 is 1.80 bits per heavy atom. The van der Waals surface area contributed by atoms with Crippen molar-refractivity contribution in [2.75, 3.05) is 39.0 Å². The van der Waals surface area contributed by atoms with E-state index in [0.717, 1.165) is 41.9 Å². The Morgan fingerprint density at radius 1 is 1.02 bits per heavy atom. The molecule has 3 aromatic heterocycles. The molecule has 40 heavy (non-hydrogen) atoms. The molecular weight excluding hydrogens is 507 g/mol. The lowest BCUT2D eigenvalue weighted by atomic mass is 9.99. The van der Waals surface area contributed by atoms with Crippen molar-refractivity contribution >= 4 is 22.6 Å². The number of ether oxygens (including phenoxy) is 1. The van der Waals surface area contributed by atoms with Crippen molar-refractivity contribution in [1.82, 2.24) is 24.8 Å². The normalized spacial score (nSPS) is 14.0. The first-order valence-electron chi connectivity index (χ1n) is 13.1. The summed E-state index contributed by atoms with van der Waals surface area (Å²) in [6.45, 7) is 3.30. The quantitative estimate of drug-likeness (QED) is 0.297. The van der Waals surface area contributed by atoms with Crippen LogP contribution in [0.25, 0.3) is 33.3 Å². The molecular formula is C31H29FN6O2. The van der Waals surface area contributed by atoms with E-state index in [1.165, 1.54) is 11.6 Å². The number of anilines is 1. The number of carbonyl (C=O) groups excluding carboxylic acids is 1. The zero-order valence-corrected chi connectivity index (χ0v) is 22.1. The van der Waals surface area contributed by atoms with E-state index in [1.807, 2.05) is 48.7 Å². The summed E-state index contributed by atoms with van der Waals surface area (Å²) in [5.41, 5.74) is 11.0. The highest BCUT2D eigenvalue weighted by Gasteiger charge is 2.25. The summed E-state index contributed by atoms with van der Waals surface area (Å²) in [5, 5.41) is 0.859. The van der Waals surface area contributed by atoms with Gasteiger partial charge < -0.3 is 20.4 Å². The van der Waals surface area contributed by atoms with Crippen LogP contribution in [0.2, 0.25) is 0 Å². The molecule has 1 aliphatic rings. The number of nitrogens with two attached hydrogens (primary N) is 1. The number of pyridine rings is 2. The third kappa shape index (κ3) is 4.87. The zero-order valence-electron chi connectivity index (χ0n) is 22.1. The number of para-hydroxylation sites is 1. The molecule has 1 aliphatic heterocycles. The average molecular weight is 537 g/mol. The van der Waals surface area contributed by atoms with Crippen LogP contribution in [-0.4, -0.2) is 63.9 Å². The van der Waals surface area contributed by atoms with Crippen molar-refractivity contribution in [2.24, 2.45) is 0 Å². The maximum absolute atomic E-state index is 15.1. The molecule has 0 spiro atoms. The van der Waals surface area contributed by atoms with Gasteiger partial charge in [-0.25, -0.2) is 9.37 Å². The standard InChI is InChI=1S/C31H29FN6O2/c1-40-28-5-3-2-4-23(28)26-18-36-30-24(26)15-22(17-35-30)21-14-25(29(33)27(32)16-21)31(39)38-12-10-37(11-13-38)19-20-6-8-34-9-7-20/h2-9,14-18H,10-13,19,33H2,1H3,(H,35,36). The molecule has 1 saturated heterocycles. The van der Waals surface area contributed by atoms with Gasteiger partial charge in [-0.15, -0.1) is 0 Å². The van der Waals surface area contributed by atoms with Crippen LogP contribution in [0.15, 0.2) is 79.4 Å². The summed E-state index contributed by atoms with van der Waals surface area (Å²) in [6.07, 6.45) is 7.11. The fourth-order valence-electron chi connectivity index (χ4n) is 5.24. The molecule has 0 saturated carbocycles. The van der Waals surface area contributed by atoms with E-state index in [2.05, 4.69) is 19.9 Å². The van der Waals surface area contributed by atoms with Crippen molar-refractivity contribution < 1.29 is 13.9 Å². The number of carbonyl (C=O) groups is 1. The Morgan fingerprint density at radius 3 is 2.58 bits per heavy atom. The Bertz CT molecular complexity index is 1680. The summed E-state index contributed by atoms with van der Waals surface area (Å²) in [4.78, 5) is 29.4. The molecule has 0 atom stereocenters. The predicted octanol–water partition coefficient (Wildman–Crippen LogP) is 4.98. The molecule has 8 nitrogen and oxygen atoms in total. The van der Waals surface area contributed by atoms with E-state index in [-0.39, 0.29) is 17.2 Å². The minimum absolute atomic E-state index is 0.140. The molecule has 0 aliphatic carbocycles. The molecule has 0 unspecified atom stereocenters. The average Bonchev–Trinajstić information content (AvgIpc) is 3.42. The van der Waals surface area contributed by atoms with Crippen LogP contribution in [0.3, 0.4) is 0 Å². The summed E-state index contributed by atoms with van der Waals surface area (Å²) >= 11 is 0. The number of H-pyrrole nitrogens is 1.